The van der Waals surface area contributed by atoms with Crippen molar-refractivity contribution in [2.24, 2.45) is 0 Å². The Morgan fingerprint density at radius 1 is 1.59 bits per heavy atom. The highest BCUT2D eigenvalue weighted by atomic mass is 79.9. The number of pyridine rings is 1. The van der Waals surface area contributed by atoms with E-state index in [4.69, 9.17) is 5.26 Å². The molecule has 0 amide bonds. The molecule has 1 heterocycles. The van der Waals surface area contributed by atoms with Crippen LogP contribution in [0.5, 0.6) is 0 Å². The van der Waals surface area contributed by atoms with Gasteiger partial charge in [-0.15, -0.1) is 11.8 Å². The molecule has 0 aliphatic rings. The first-order chi connectivity index (χ1) is 8.26. The van der Waals surface area contributed by atoms with Gasteiger partial charge in [0.1, 0.15) is 0 Å². The molecule has 1 N–H and O–H groups in total. The van der Waals surface area contributed by atoms with Crippen molar-refractivity contribution in [2.45, 2.75) is 30.8 Å². The molecule has 1 rings (SSSR count). The van der Waals surface area contributed by atoms with E-state index in [1.165, 1.54) is 0 Å². The molecule has 1 unspecified atom stereocenters. The van der Waals surface area contributed by atoms with Gasteiger partial charge >= 0.3 is 0 Å². The predicted molar refractivity (Wildman–Crippen MR) is 75.0 cm³/mol. The van der Waals surface area contributed by atoms with Gasteiger partial charge < -0.3 is 5.32 Å². The quantitative estimate of drug-likeness (QED) is 0.785. The highest BCUT2D eigenvalue weighted by Crippen LogP contribution is 2.18. The Balaban J connectivity index is 2.26. The molecule has 3 nitrogen and oxygen atoms in total. The fourth-order valence-corrected chi connectivity index (χ4v) is 2.35. The van der Waals surface area contributed by atoms with Gasteiger partial charge in [0.25, 0.3) is 0 Å². The summed E-state index contributed by atoms with van der Waals surface area (Å²) in [6.45, 7) is 3.00. The molecular formula is C12H16BrN3S. The lowest BCUT2D eigenvalue weighted by atomic mass is 10.2. The highest BCUT2D eigenvalue weighted by molar-refractivity contribution is 9.10. The molecule has 0 aliphatic carbocycles. The summed E-state index contributed by atoms with van der Waals surface area (Å²) in [5.74, 6) is 0.906. The minimum absolute atomic E-state index is 0.0436. The largest absolute Gasteiger partial charge is 0.302 e. The number of rotatable bonds is 7. The summed E-state index contributed by atoms with van der Waals surface area (Å²) in [5, 5.41) is 13.2. The number of halogens is 1. The van der Waals surface area contributed by atoms with E-state index >= 15 is 0 Å². The van der Waals surface area contributed by atoms with Crippen LogP contribution >= 0.6 is 27.7 Å². The van der Waals surface area contributed by atoms with Gasteiger partial charge in [-0.2, -0.15) is 5.26 Å². The molecule has 1 aromatic heterocycles. The van der Waals surface area contributed by atoms with E-state index in [9.17, 15) is 0 Å². The summed E-state index contributed by atoms with van der Waals surface area (Å²) in [4.78, 5) is 4.28. The van der Waals surface area contributed by atoms with Crippen LogP contribution in [0.25, 0.3) is 0 Å². The van der Waals surface area contributed by atoms with Crippen LogP contribution < -0.4 is 5.32 Å². The van der Waals surface area contributed by atoms with E-state index in [0.717, 1.165) is 34.6 Å². The normalized spacial score (nSPS) is 12.1. The molecule has 0 saturated carbocycles. The zero-order chi connectivity index (χ0) is 12.5. The molecule has 0 saturated heterocycles. The van der Waals surface area contributed by atoms with E-state index in [1.54, 1.807) is 18.0 Å². The smallest absolute Gasteiger partial charge is 0.0961 e. The van der Waals surface area contributed by atoms with Crippen molar-refractivity contribution in [2.75, 3.05) is 12.3 Å². The molecule has 0 radical (unpaired) electrons. The zero-order valence-corrected chi connectivity index (χ0v) is 12.2. The molecule has 0 aliphatic heterocycles. The maximum atomic E-state index is 8.94. The zero-order valence-electron chi connectivity index (χ0n) is 9.82. The van der Waals surface area contributed by atoms with Gasteiger partial charge in [0.05, 0.1) is 17.1 Å². The van der Waals surface area contributed by atoms with Gasteiger partial charge in [-0.1, -0.05) is 6.92 Å². The molecule has 1 aromatic rings. The average Bonchev–Trinajstić information content (AvgIpc) is 2.36. The van der Waals surface area contributed by atoms with Crippen LogP contribution in [-0.2, 0) is 0 Å². The summed E-state index contributed by atoms with van der Waals surface area (Å²) < 4.78 is 0.987. The number of hydrogen-bond acceptors (Lipinski definition) is 4. The molecule has 0 aromatic carbocycles. The van der Waals surface area contributed by atoms with Crippen LogP contribution in [0, 0.1) is 11.3 Å². The van der Waals surface area contributed by atoms with Gasteiger partial charge in [-0.3, -0.25) is 0 Å². The molecule has 0 bridgehead atoms. The van der Waals surface area contributed by atoms with Crippen molar-refractivity contribution in [3.05, 3.63) is 22.8 Å². The van der Waals surface area contributed by atoms with Gasteiger partial charge in [-0.05, 0) is 47.4 Å². The Morgan fingerprint density at radius 3 is 3.00 bits per heavy atom. The van der Waals surface area contributed by atoms with Gasteiger partial charge in [0.15, 0.2) is 0 Å². The SMILES string of the molecule is CCCNC(C#N)CCSc1ccc(Br)cn1. The van der Waals surface area contributed by atoms with Crippen LogP contribution in [0.4, 0.5) is 0 Å². The van der Waals surface area contributed by atoms with Crippen LogP contribution in [0.2, 0.25) is 0 Å². The van der Waals surface area contributed by atoms with E-state index in [-0.39, 0.29) is 6.04 Å². The summed E-state index contributed by atoms with van der Waals surface area (Å²) in [6, 6.07) is 6.20. The van der Waals surface area contributed by atoms with Crippen molar-refractivity contribution >= 4 is 27.7 Å². The third-order valence-electron chi connectivity index (χ3n) is 2.15. The van der Waals surface area contributed by atoms with Crippen molar-refractivity contribution in [3.63, 3.8) is 0 Å². The number of nitrogens with one attached hydrogen (secondary N) is 1. The average molecular weight is 314 g/mol. The van der Waals surface area contributed by atoms with Gasteiger partial charge in [0.2, 0.25) is 0 Å². The Morgan fingerprint density at radius 2 is 2.41 bits per heavy atom. The van der Waals surface area contributed by atoms with Crippen molar-refractivity contribution in [1.29, 1.82) is 5.26 Å². The second kappa shape index (κ2) is 8.51. The molecule has 0 spiro atoms. The maximum Gasteiger partial charge on any atom is 0.0961 e. The number of nitrogens with zero attached hydrogens (tertiary/aromatic N) is 2. The third-order valence-corrected chi connectivity index (χ3v) is 3.60. The Bertz CT molecular complexity index is 361. The second-order valence-electron chi connectivity index (χ2n) is 3.59. The lowest BCUT2D eigenvalue weighted by Gasteiger charge is -2.09. The number of aromatic nitrogens is 1. The summed E-state index contributed by atoms with van der Waals surface area (Å²) in [7, 11) is 0. The molecule has 5 heteroatoms. The summed E-state index contributed by atoms with van der Waals surface area (Å²) >= 11 is 5.03. The molecule has 1 atom stereocenters. The fraction of sp³-hybridized carbons (Fsp3) is 0.500. The Labute approximate surface area is 115 Å². The van der Waals surface area contributed by atoms with Crippen LogP contribution in [-0.4, -0.2) is 23.3 Å². The summed E-state index contributed by atoms with van der Waals surface area (Å²) in [5.41, 5.74) is 0. The molecule has 17 heavy (non-hydrogen) atoms. The highest BCUT2D eigenvalue weighted by Gasteiger charge is 2.05. The monoisotopic (exact) mass is 313 g/mol. The lowest BCUT2D eigenvalue weighted by Crippen LogP contribution is -2.28. The lowest BCUT2D eigenvalue weighted by molar-refractivity contribution is 0.585. The fourth-order valence-electron chi connectivity index (χ4n) is 1.26. The first-order valence-electron chi connectivity index (χ1n) is 5.63. The predicted octanol–water partition coefficient (Wildman–Crippen LogP) is 3.22. The molecular weight excluding hydrogens is 298 g/mol. The van der Waals surface area contributed by atoms with E-state index < -0.39 is 0 Å². The van der Waals surface area contributed by atoms with Gasteiger partial charge in [-0.25, -0.2) is 4.98 Å². The summed E-state index contributed by atoms with van der Waals surface area (Å²) in [6.07, 6.45) is 3.69. The van der Waals surface area contributed by atoms with Crippen molar-refractivity contribution < 1.29 is 0 Å². The molecule has 0 fully saturated rings. The van der Waals surface area contributed by atoms with Crippen LogP contribution in [0.1, 0.15) is 19.8 Å². The third kappa shape index (κ3) is 6.06. The van der Waals surface area contributed by atoms with Crippen molar-refractivity contribution in [3.8, 4) is 6.07 Å². The Hall–Kier alpha value is -0.570. The first-order valence-corrected chi connectivity index (χ1v) is 7.41. The standard InChI is InChI=1S/C12H16BrN3S/c1-2-6-15-11(8-14)5-7-17-12-4-3-10(13)9-16-12/h3-4,9,11,15H,2,5-7H2,1H3. The maximum absolute atomic E-state index is 8.94. The number of hydrogen-bond donors (Lipinski definition) is 1. The van der Waals surface area contributed by atoms with Gasteiger partial charge in [0, 0.05) is 16.4 Å². The number of nitriles is 1. The van der Waals surface area contributed by atoms with E-state index in [2.05, 4.69) is 39.2 Å². The minimum Gasteiger partial charge on any atom is -0.302 e. The van der Waals surface area contributed by atoms with Crippen LogP contribution in [0.3, 0.4) is 0 Å². The minimum atomic E-state index is -0.0436. The van der Waals surface area contributed by atoms with E-state index in [0.29, 0.717) is 0 Å². The van der Waals surface area contributed by atoms with E-state index in [1.807, 2.05) is 12.1 Å². The first kappa shape index (κ1) is 14.5. The van der Waals surface area contributed by atoms with Crippen molar-refractivity contribution in [1.82, 2.24) is 10.3 Å². The second-order valence-corrected chi connectivity index (χ2v) is 5.62. The molecule has 92 valence electrons. The Kier molecular flexibility index (Phi) is 7.25. The van der Waals surface area contributed by atoms with Crippen LogP contribution in [0.15, 0.2) is 27.8 Å². The number of thioether (sulfide) groups is 1. The topological polar surface area (TPSA) is 48.7 Å².